The van der Waals surface area contributed by atoms with Crippen molar-refractivity contribution in [3.8, 4) is 0 Å². The van der Waals surface area contributed by atoms with Crippen molar-refractivity contribution in [3.63, 3.8) is 0 Å². The first-order chi connectivity index (χ1) is 5.23. The maximum atomic E-state index is 9.88. The lowest BCUT2D eigenvalue weighted by Crippen LogP contribution is -2.33. The van der Waals surface area contributed by atoms with Crippen LogP contribution < -0.4 is 0 Å². The molecule has 1 N–H and O–H groups in total. The SMILES string of the molecule is CSC1(O)C=CC=CC1CCl. The summed E-state index contributed by atoms with van der Waals surface area (Å²) in [6, 6.07) is 0. The van der Waals surface area contributed by atoms with Crippen LogP contribution in [0.4, 0.5) is 0 Å². The fourth-order valence-corrected chi connectivity index (χ4v) is 2.14. The fraction of sp³-hybridized carbons (Fsp3) is 0.500. The molecule has 0 aromatic rings. The molecule has 2 atom stereocenters. The van der Waals surface area contributed by atoms with E-state index in [0.29, 0.717) is 5.88 Å². The monoisotopic (exact) mass is 190 g/mol. The van der Waals surface area contributed by atoms with Crippen molar-refractivity contribution in [2.24, 2.45) is 5.92 Å². The van der Waals surface area contributed by atoms with Crippen LogP contribution in [0.25, 0.3) is 0 Å². The van der Waals surface area contributed by atoms with Crippen LogP contribution in [0.1, 0.15) is 0 Å². The van der Waals surface area contributed by atoms with Gasteiger partial charge in [-0.2, -0.15) is 0 Å². The molecule has 11 heavy (non-hydrogen) atoms. The van der Waals surface area contributed by atoms with Gasteiger partial charge in [-0.25, -0.2) is 0 Å². The maximum Gasteiger partial charge on any atom is 0.136 e. The highest BCUT2D eigenvalue weighted by Crippen LogP contribution is 2.34. The highest BCUT2D eigenvalue weighted by Gasteiger charge is 2.32. The summed E-state index contributed by atoms with van der Waals surface area (Å²) in [7, 11) is 0. The number of alkyl halides is 1. The van der Waals surface area contributed by atoms with E-state index in [1.54, 1.807) is 6.08 Å². The standard InChI is InChI=1S/C8H11ClOS/c1-11-8(10)5-3-2-4-7(8)6-9/h2-5,7,10H,6H2,1H3. The van der Waals surface area contributed by atoms with Gasteiger partial charge in [0, 0.05) is 11.8 Å². The summed E-state index contributed by atoms with van der Waals surface area (Å²) in [5, 5.41) is 9.88. The number of hydrogen-bond donors (Lipinski definition) is 1. The second-order valence-corrected chi connectivity index (χ2v) is 3.83. The van der Waals surface area contributed by atoms with Crippen molar-refractivity contribution < 1.29 is 5.11 Å². The third-order valence-corrected chi connectivity index (χ3v) is 3.24. The topological polar surface area (TPSA) is 20.2 Å². The summed E-state index contributed by atoms with van der Waals surface area (Å²) >= 11 is 7.10. The minimum Gasteiger partial charge on any atom is -0.375 e. The van der Waals surface area contributed by atoms with Crippen LogP contribution in [-0.2, 0) is 0 Å². The molecule has 3 heteroatoms. The number of hydrogen-bond acceptors (Lipinski definition) is 2. The molecule has 0 fully saturated rings. The number of aliphatic hydroxyl groups is 1. The predicted octanol–water partition coefficient (Wildman–Crippen LogP) is 2.02. The van der Waals surface area contributed by atoms with Crippen molar-refractivity contribution in [2.75, 3.05) is 12.1 Å². The van der Waals surface area contributed by atoms with E-state index >= 15 is 0 Å². The van der Waals surface area contributed by atoms with E-state index < -0.39 is 4.93 Å². The van der Waals surface area contributed by atoms with E-state index in [2.05, 4.69) is 0 Å². The lowest BCUT2D eigenvalue weighted by atomic mass is 9.99. The Morgan fingerprint density at radius 2 is 2.36 bits per heavy atom. The van der Waals surface area contributed by atoms with Gasteiger partial charge in [-0.1, -0.05) is 18.2 Å². The van der Waals surface area contributed by atoms with Crippen LogP contribution in [0, 0.1) is 5.92 Å². The number of allylic oxidation sites excluding steroid dienone is 2. The smallest absolute Gasteiger partial charge is 0.136 e. The molecule has 0 amide bonds. The molecule has 0 saturated heterocycles. The van der Waals surface area contributed by atoms with E-state index in [0.717, 1.165) is 0 Å². The Labute approximate surface area is 76.1 Å². The van der Waals surface area contributed by atoms with Crippen LogP contribution >= 0.6 is 23.4 Å². The first-order valence-electron chi connectivity index (χ1n) is 3.42. The molecular weight excluding hydrogens is 180 g/mol. The lowest BCUT2D eigenvalue weighted by molar-refractivity contribution is 0.150. The van der Waals surface area contributed by atoms with Crippen LogP contribution in [0.15, 0.2) is 24.3 Å². The highest BCUT2D eigenvalue weighted by molar-refractivity contribution is 8.00. The molecule has 2 unspecified atom stereocenters. The van der Waals surface area contributed by atoms with Gasteiger partial charge < -0.3 is 5.11 Å². The van der Waals surface area contributed by atoms with Gasteiger partial charge in [-0.3, -0.25) is 0 Å². The van der Waals surface area contributed by atoms with Gasteiger partial charge in [0.2, 0.25) is 0 Å². The van der Waals surface area contributed by atoms with E-state index in [1.807, 2.05) is 24.5 Å². The largest absolute Gasteiger partial charge is 0.375 e. The molecule has 1 nitrogen and oxygen atoms in total. The molecule has 0 saturated carbocycles. The Bertz CT molecular complexity index is 191. The van der Waals surface area contributed by atoms with Crippen molar-refractivity contribution in [3.05, 3.63) is 24.3 Å². The number of rotatable bonds is 2. The van der Waals surface area contributed by atoms with Crippen molar-refractivity contribution in [1.82, 2.24) is 0 Å². The average Bonchev–Trinajstić information content (AvgIpc) is 2.05. The summed E-state index contributed by atoms with van der Waals surface area (Å²) in [6.07, 6.45) is 9.36. The minimum absolute atomic E-state index is 0.0316. The first-order valence-corrected chi connectivity index (χ1v) is 5.18. The van der Waals surface area contributed by atoms with Gasteiger partial charge in [0.15, 0.2) is 0 Å². The summed E-state index contributed by atoms with van der Waals surface area (Å²) in [5.41, 5.74) is 0. The molecule has 0 radical (unpaired) electrons. The Hall–Kier alpha value is 0.0800. The summed E-state index contributed by atoms with van der Waals surface area (Å²) < 4.78 is 0. The zero-order valence-corrected chi connectivity index (χ0v) is 7.90. The highest BCUT2D eigenvalue weighted by atomic mass is 35.5. The number of thioether (sulfide) groups is 1. The summed E-state index contributed by atoms with van der Waals surface area (Å²) in [6.45, 7) is 0. The Kier molecular flexibility index (Phi) is 3.05. The molecule has 0 aromatic heterocycles. The fourth-order valence-electron chi connectivity index (χ4n) is 1.03. The molecular formula is C8H11ClOS. The molecule has 0 aromatic carbocycles. The second kappa shape index (κ2) is 3.65. The molecule has 1 rings (SSSR count). The van der Waals surface area contributed by atoms with Gasteiger partial charge in [0.05, 0.1) is 0 Å². The Morgan fingerprint density at radius 3 is 2.82 bits per heavy atom. The lowest BCUT2D eigenvalue weighted by Gasteiger charge is -2.30. The zero-order chi connectivity index (χ0) is 8.32. The molecule has 1 aliphatic rings. The third-order valence-electron chi connectivity index (χ3n) is 1.81. The van der Waals surface area contributed by atoms with Crippen molar-refractivity contribution in [2.45, 2.75) is 4.93 Å². The van der Waals surface area contributed by atoms with Crippen LogP contribution in [0.2, 0.25) is 0 Å². The Morgan fingerprint density at radius 1 is 1.64 bits per heavy atom. The van der Waals surface area contributed by atoms with Gasteiger partial charge in [-0.05, 0) is 12.3 Å². The molecule has 0 heterocycles. The van der Waals surface area contributed by atoms with E-state index in [9.17, 15) is 5.11 Å². The van der Waals surface area contributed by atoms with Crippen molar-refractivity contribution >= 4 is 23.4 Å². The molecule has 1 aliphatic carbocycles. The van der Waals surface area contributed by atoms with E-state index in [1.165, 1.54) is 11.8 Å². The van der Waals surface area contributed by atoms with E-state index in [4.69, 9.17) is 11.6 Å². The summed E-state index contributed by atoms with van der Waals surface area (Å²) in [5.74, 6) is 0.488. The van der Waals surface area contributed by atoms with Gasteiger partial charge >= 0.3 is 0 Å². The zero-order valence-electron chi connectivity index (χ0n) is 6.33. The van der Waals surface area contributed by atoms with Crippen LogP contribution in [0.5, 0.6) is 0 Å². The maximum absolute atomic E-state index is 9.88. The normalized spacial score (nSPS) is 36.1. The van der Waals surface area contributed by atoms with Gasteiger partial charge in [0.1, 0.15) is 4.93 Å². The summed E-state index contributed by atoms with van der Waals surface area (Å²) in [4.78, 5) is -0.795. The molecule has 0 bridgehead atoms. The van der Waals surface area contributed by atoms with Crippen LogP contribution in [0.3, 0.4) is 0 Å². The van der Waals surface area contributed by atoms with Gasteiger partial charge in [0.25, 0.3) is 0 Å². The number of halogens is 1. The Balaban J connectivity index is 2.77. The van der Waals surface area contributed by atoms with E-state index in [-0.39, 0.29) is 5.92 Å². The molecule has 0 aliphatic heterocycles. The van der Waals surface area contributed by atoms with Gasteiger partial charge in [-0.15, -0.1) is 23.4 Å². The molecule has 0 spiro atoms. The minimum atomic E-state index is -0.795. The van der Waals surface area contributed by atoms with Crippen LogP contribution in [-0.4, -0.2) is 22.2 Å². The average molecular weight is 191 g/mol. The quantitative estimate of drug-likeness (QED) is 0.531. The predicted molar refractivity (Wildman–Crippen MR) is 51.0 cm³/mol. The second-order valence-electron chi connectivity index (χ2n) is 2.46. The third kappa shape index (κ3) is 1.81. The first kappa shape index (κ1) is 9.17. The molecule has 62 valence electrons. The van der Waals surface area contributed by atoms with Crippen molar-refractivity contribution in [1.29, 1.82) is 0 Å².